The highest BCUT2D eigenvalue weighted by Gasteiger charge is 2.15. The number of H-pyrrole nitrogens is 1. The highest BCUT2D eigenvalue weighted by molar-refractivity contribution is 5.97. The van der Waals surface area contributed by atoms with E-state index in [1.165, 1.54) is 0 Å². The van der Waals surface area contributed by atoms with Gasteiger partial charge in [0.15, 0.2) is 5.69 Å². The molecule has 1 aromatic rings. The van der Waals surface area contributed by atoms with Gasteiger partial charge in [-0.2, -0.15) is 5.10 Å². The molecule has 80 valence electrons. The third-order valence-electron chi connectivity index (χ3n) is 2.01. The summed E-state index contributed by atoms with van der Waals surface area (Å²) in [6, 6.07) is 0. The first-order valence-corrected chi connectivity index (χ1v) is 4.75. The summed E-state index contributed by atoms with van der Waals surface area (Å²) in [6.45, 7) is 2.37. The molecule has 0 bridgehead atoms. The number of carbonyl (C=O) groups excluding carboxylic acids is 1. The van der Waals surface area contributed by atoms with Crippen LogP contribution in [0.2, 0.25) is 0 Å². The summed E-state index contributed by atoms with van der Waals surface area (Å²) in [7, 11) is 0. The first-order chi connectivity index (χ1) is 7.20. The Hall–Kier alpha value is -1.96. The molecule has 0 saturated heterocycles. The van der Waals surface area contributed by atoms with Gasteiger partial charge in [0.25, 0.3) is 5.91 Å². The van der Waals surface area contributed by atoms with E-state index < -0.39 is 0 Å². The molecule has 1 amide bonds. The van der Waals surface area contributed by atoms with E-state index in [0.717, 1.165) is 12.1 Å². The van der Waals surface area contributed by atoms with Gasteiger partial charge in [0, 0.05) is 13.0 Å². The highest BCUT2D eigenvalue weighted by atomic mass is 16.1. The lowest BCUT2D eigenvalue weighted by molar-refractivity contribution is 0.0950. The summed E-state index contributed by atoms with van der Waals surface area (Å²) < 4.78 is 0. The average Bonchev–Trinajstić information content (AvgIpc) is 2.60. The normalized spacial score (nSPS) is 9.60. The number of aromatic amines is 1. The van der Waals surface area contributed by atoms with Crippen molar-refractivity contribution in [3.8, 4) is 12.3 Å². The van der Waals surface area contributed by atoms with Crippen molar-refractivity contribution in [1.82, 2.24) is 15.5 Å². The zero-order valence-corrected chi connectivity index (χ0v) is 8.63. The van der Waals surface area contributed by atoms with Crippen LogP contribution < -0.4 is 11.1 Å². The van der Waals surface area contributed by atoms with Gasteiger partial charge in [-0.1, -0.05) is 6.92 Å². The average molecular weight is 206 g/mol. The first-order valence-electron chi connectivity index (χ1n) is 4.75. The maximum absolute atomic E-state index is 11.5. The van der Waals surface area contributed by atoms with E-state index in [-0.39, 0.29) is 11.6 Å². The Morgan fingerprint density at radius 3 is 3.00 bits per heavy atom. The second kappa shape index (κ2) is 5.05. The number of nitrogen functional groups attached to an aromatic ring is 1. The van der Waals surface area contributed by atoms with Crippen LogP contribution in [0, 0.1) is 12.3 Å². The van der Waals surface area contributed by atoms with Gasteiger partial charge in [-0.15, -0.1) is 12.3 Å². The number of anilines is 1. The molecule has 1 heterocycles. The number of nitrogens with zero attached hydrogens (tertiary/aromatic N) is 1. The number of aromatic nitrogens is 2. The molecule has 0 spiro atoms. The SMILES string of the molecule is C#CCCNC(=O)c1n[nH]c(CC)c1N. The van der Waals surface area contributed by atoms with Gasteiger partial charge in [-0.25, -0.2) is 0 Å². The van der Waals surface area contributed by atoms with Gasteiger partial charge < -0.3 is 11.1 Å². The zero-order chi connectivity index (χ0) is 11.3. The van der Waals surface area contributed by atoms with Crippen LogP contribution in [-0.4, -0.2) is 22.6 Å². The number of rotatable bonds is 4. The third kappa shape index (κ3) is 2.50. The predicted molar refractivity (Wildman–Crippen MR) is 58.2 cm³/mol. The summed E-state index contributed by atoms with van der Waals surface area (Å²) in [6.07, 6.45) is 6.28. The van der Waals surface area contributed by atoms with Gasteiger partial charge >= 0.3 is 0 Å². The largest absolute Gasteiger partial charge is 0.395 e. The number of hydrogen-bond donors (Lipinski definition) is 3. The third-order valence-corrected chi connectivity index (χ3v) is 2.01. The molecule has 5 nitrogen and oxygen atoms in total. The monoisotopic (exact) mass is 206 g/mol. The van der Waals surface area contributed by atoms with E-state index in [0.29, 0.717) is 18.7 Å². The van der Waals surface area contributed by atoms with Crippen molar-refractivity contribution in [2.24, 2.45) is 0 Å². The van der Waals surface area contributed by atoms with Crippen molar-refractivity contribution in [1.29, 1.82) is 0 Å². The first kappa shape index (κ1) is 11.1. The fourth-order valence-electron chi connectivity index (χ4n) is 1.16. The highest BCUT2D eigenvalue weighted by Crippen LogP contribution is 2.13. The van der Waals surface area contributed by atoms with Crippen LogP contribution in [0.15, 0.2) is 0 Å². The molecule has 0 unspecified atom stereocenters. The molecule has 0 aliphatic carbocycles. The van der Waals surface area contributed by atoms with Crippen molar-refractivity contribution in [3.05, 3.63) is 11.4 Å². The lowest BCUT2D eigenvalue weighted by atomic mass is 10.2. The molecule has 5 heteroatoms. The standard InChI is InChI=1S/C10H14N4O/c1-3-5-6-12-10(15)9-8(11)7(4-2)13-14-9/h1H,4-6,11H2,2H3,(H,12,15)(H,13,14). The Bertz CT molecular complexity index is 389. The minimum Gasteiger partial charge on any atom is -0.395 e. The summed E-state index contributed by atoms with van der Waals surface area (Å²) in [5.41, 5.74) is 7.15. The summed E-state index contributed by atoms with van der Waals surface area (Å²) in [5, 5.41) is 9.20. The molecule has 0 aliphatic heterocycles. The maximum atomic E-state index is 11.5. The topological polar surface area (TPSA) is 83.8 Å². The van der Waals surface area contributed by atoms with E-state index in [1.54, 1.807) is 0 Å². The van der Waals surface area contributed by atoms with Gasteiger partial charge in [-0.05, 0) is 6.42 Å². The molecule has 1 rings (SSSR count). The van der Waals surface area contributed by atoms with Gasteiger partial charge in [0.05, 0.1) is 11.4 Å². The van der Waals surface area contributed by atoms with Crippen molar-refractivity contribution < 1.29 is 4.79 Å². The van der Waals surface area contributed by atoms with Gasteiger partial charge in [0.1, 0.15) is 0 Å². The van der Waals surface area contributed by atoms with Crippen LogP contribution in [0.3, 0.4) is 0 Å². The molecule has 0 saturated carbocycles. The fourth-order valence-corrected chi connectivity index (χ4v) is 1.16. The van der Waals surface area contributed by atoms with E-state index in [9.17, 15) is 4.79 Å². The second-order valence-electron chi connectivity index (χ2n) is 3.03. The quantitative estimate of drug-likeness (QED) is 0.489. The molecule has 0 aliphatic rings. The summed E-state index contributed by atoms with van der Waals surface area (Å²) in [4.78, 5) is 11.5. The molecular formula is C10H14N4O. The Kier molecular flexibility index (Phi) is 3.75. The second-order valence-corrected chi connectivity index (χ2v) is 3.03. The molecule has 15 heavy (non-hydrogen) atoms. The minimum atomic E-state index is -0.293. The van der Waals surface area contributed by atoms with Crippen LogP contribution in [0.1, 0.15) is 29.5 Å². The molecule has 0 radical (unpaired) electrons. The fraction of sp³-hybridized carbons (Fsp3) is 0.400. The smallest absolute Gasteiger partial charge is 0.273 e. The number of hydrogen-bond acceptors (Lipinski definition) is 3. The van der Waals surface area contributed by atoms with E-state index in [4.69, 9.17) is 12.2 Å². The molecule has 0 fully saturated rings. The van der Waals surface area contributed by atoms with E-state index in [2.05, 4.69) is 21.4 Å². The molecular weight excluding hydrogens is 192 g/mol. The van der Waals surface area contributed by atoms with E-state index >= 15 is 0 Å². The van der Waals surface area contributed by atoms with Crippen LogP contribution in [0.4, 0.5) is 5.69 Å². The van der Waals surface area contributed by atoms with E-state index in [1.807, 2.05) is 6.92 Å². The van der Waals surface area contributed by atoms with Crippen molar-refractivity contribution in [2.75, 3.05) is 12.3 Å². The maximum Gasteiger partial charge on any atom is 0.273 e. The molecule has 0 atom stereocenters. The Labute approximate surface area is 88.4 Å². The minimum absolute atomic E-state index is 0.240. The predicted octanol–water partition coefficient (Wildman–Crippen LogP) is 0.307. The number of nitrogens with one attached hydrogen (secondary N) is 2. The Morgan fingerprint density at radius 1 is 1.73 bits per heavy atom. The number of nitrogens with two attached hydrogens (primary N) is 1. The molecule has 0 aromatic carbocycles. The lowest BCUT2D eigenvalue weighted by Crippen LogP contribution is -2.25. The Morgan fingerprint density at radius 2 is 2.47 bits per heavy atom. The zero-order valence-electron chi connectivity index (χ0n) is 8.63. The number of amides is 1. The molecule has 1 aromatic heterocycles. The van der Waals surface area contributed by atoms with Crippen molar-refractivity contribution in [3.63, 3.8) is 0 Å². The van der Waals surface area contributed by atoms with Gasteiger partial charge in [0.2, 0.25) is 0 Å². The number of carbonyl (C=O) groups is 1. The van der Waals surface area contributed by atoms with Crippen LogP contribution in [-0.2, 0) is 6.42 Å². The van der Waals surface area contributed by atoms with Crippen LogP contribution in [0.25, 0.3) is 0 Å². The van der Waals surface area contributed by atoms with Crippen LogP contribution in [0.5, 0.6) is 0 Å². The Balaban J connectivity index is 2.66. The van der Waals surface area contributed by atoms with Crippen LogP contribution >= 0.6 is 0 Å². The summed E-state index contributed by atoms with van der Waals surface area (Å²) in [5.74, 6) is 2.14. The van der Waals surface area contributed by atoms with Crippen molar-refractivity contribution in [2.45, 2.75) is 19.8 Å². The lowest BCUT2D eigenvalue weighted by Gasteiger charge is -2.00. The number of terminal acetylenes is 1. The van der Waals surface area contributed by atoms with Gasteiger partial charge in [-0.3, -0.25) is 9.89 Å². The number of aryl methyl sites for hydroxylation is 1. The molecule has 4 N–H and O–H groups in total. The summed E-state index contributed by atoms with van der Waals surface area (Å²) >= 11 is 0. The van der Waals surface area contributed by atoms with Crippen molar-refractivity contribution >= 4 is 11.6 Å².